The van der Waals surface area contributed by atoms with Gasteiger partial charge in [0.2, 0.25) is 11.8 Å². The Balaban J connectivity index is 1.98. The number of carbonyl (C=O) groups excluding carboxylic acids is 2. The number of ether oxygens (including phenoxy) is 1. The summed E-state index contributed by atoms with van der Waals surface area (Å²) in [7, 11) is 0. The first-order valence-electron chi connectivity index (χ1n) is 7.65. The van der Waals surface area contributed by atoms with E-state index in [0.29, 0.717) is 17.8 Å². The van der Waals surface area contributed by atoms with Crippen molar-refractivity contribution in [2.24, 2.45) is 5.41 Å². The Labute approximate surface area is 135 Å². The van der Waals surface area contributed by atoms with E-state index in [9.17, 15) is 9.59 Å². The van der Waals surface area contributed by atoms with Gasteiger partial charge in [0.05, 0.1) is 17.4 Å². The highest BCUT2D eigenvalue weighted by Crippen LogP contribution is 2.21. The van der Waals surface area contributed by atoms with Gasteiger partial charge >= 0.3 is 0 Å². The van der Waals surface area contributed by atoms with E-state index >= 15 is 0 Å². The second kappa shape index (κ2) is 7.25. The highest BCUT2D eigenvalue weighted by atomic mass is 16.5. The van der Waals surface area contributed by atoms with Crippen molar-refractivity contribution in [3.05, 3.63) is 29.8 Å². The Kier molecular flexibility index (Phi) is 5.35. The van der Waals surface area contributed by atoms with Crippen molar-refractivity contribution in [3.8, 4) is 6.07 Å². The van der Waals surface area contributed by atoms with Crippen LogP contribution in [0.15, 0.2) is 24.3 Å². The van der Waals surface area contributed by atoms with Crippen LogP contribution in [0.3, 0.4) is 0 Å². The molecule has 1 aromatic carbocycles. The smallest absolute Gasteiger partial charge is 0.239 e. The Hall–Kier alpha value is -2.39. The summed E-state index contributed by atoms with van der Waals surface area (Å²) in [6.07, 6.45) is 1.94. The van der Waals surface area contributed by atoms with Gasteiger partial charge in [-0.25, -0.2) is 0 Å². The van der Waals surface area contributed by atoms with E-state index in [0.717, 1.165) is 19.4 Å². The van der Waals surface area contributed by atoms with Crippen molar-refractivity contribution in [2.75, 3.05) is 18.5 Å². The standard InChI is InChI=1S/C17H21N3O3/c1-17(2,15(21)19-11-13-7-5-9-23-13)16(22)20-14-8-4-3-6-12(14)10-18/h3-4,6,8,13H,5,7,9,11H2,1-2H3,(H,19,21)(H,20,22). The number of anilines is 1. The van der Waals surface area contributed by atoms with Gasteiger partial charge in [-0.2, -0.15) is 5.26 Å². The Morgan fingerprint density at radius 3 is 2.74 bits per heavy atom. The number of benzene rings is 1. The molecule has 6 heteroatoms. The van der Waals surface area contributed by atoms with E-state index in [4.69, 9.17) is 10.00 Å². The molecule has 1 atom stereocenters. The quantitative estimate of drug-likeness (QED) is 0.811. The van der Waals surface area contributed by atoms with E-state index in [-0.39, 0.29) is 12.0 Å². The zero-order chi connectivity index (χ0) is 16.9. The molecule has 6 nitrogen and oxygen atoms in total. The van der Waals surface area contributed by atoms with E-state index in [1.165, 1.54) is 0 Å². The Morgan fingerprint density at radius 2 is 2.09 bits per heavy atom. The molecule has 1 fully saturated rings. The minimum atomic E-state index is -1.25. The summed E-state index contributed by atoms with van der Waals surface area (Å²) in [6.45, 7) is 4.24. The van der Waals surface area contributed by atoms with Crippen molar-refractivity contribution >= 4 is 17.5 Å². The third kappa shape index (κ3) is 4.08. The van der Waals surface area contributed by atoms with Crippen LogP contribution in [0.2, 0.25) is 0 Å². The first-order chi connectivity index (χ1) is 10.9. The summed E-state index contributed by atoms with van der Waals surface area (Å²) < 4.78 is 5.45. The predicted molar refractivity (Wildman–Crippen MR) is 85.6 cm³/mol. The maximum absolute atomic E-state index is 12.4. The molecule has 0 saturated carbocycles. The highest BCUT2D eigenvalue weighted by molar-refractivity contribution is 6.10. The highest BCUT2D eigenvalue weighted by Gasteiger charge is 2.36. The zero-order valence-corrected chi connectivity index (χ0v) is 13.4. The van der Waals surface area contributed by atoms with Gasteiger partial charge in [0.25, 0.3) is 0 Å². The lowest BCUT2D eigenvalue weighted by Gasteiger charge is -2.23. The van der Waals surface area contributed by atoms with Gasteiger partial charge in [-0.1, -0.05) is 12.1 Å². The molecule has 122 valence electrons. The number of nitrogens with one attached hydrogen (secondary N) is 2. The van der Waals surface area contributed by atoms with E-state index in [2.05, 4.69) is 10.6 Å². The van der Waals surface area contributed by atoms with Crippen LogP contribution < -0.4 is 10.6 Å². The van der Waals surface area contributed by atoms with Crippen molar-refractivity contribution in [1.82, 2.24) is 5.32 Å². The van der Waals surface area contributed by atoms with Crippen molar-refractivity contribution in [3.63, 3.8) is 0 Å². The number of nitrogens with zero attached hydrogens (tertiary/aromatic N) is 1. The molecule has 23 heavy (non-hydrogen) atoms. The lowest BCUT2D eigenvalue weighted by molar-refractivity contribution is -0.138. The van der Waals surface area contributed by atoms with Crippen LogP contribution in [-0.4, -0.2) is 31.1 Å². The first-order valence-corrected chi connectivity index (χ1v) is 7.65. The van der Waals surface area contributed by atoms with Gasteiger partial charge in [-0.3, -0.25) is 9.59 Å². The second-order valence-corrected chi connectivity index (χ2v) is 6.08. The number of hydrogen-bond acceptors (Lipinski definition) is 4. The maximum Gasteiger partial charge on any atom is 0.239 e. The van der Waals surface area contributed by atoms with Crippen LogP contribution in [0.5, 0.6) is 0 Å². The molecule has 0 bridgehead atoms. The largest absolute Gasteiger partial charge is 0.376 e. The number of hydrogen-bond donors (Lipinski definition) is 2. The summed E-state index contributed by atoms with van der Waals surface area (Å²) in [5.41, 5.74) is -0.488. The molecule has 1 heterocycles. The van der Waals surface area contributed by atoms with Gasteiger partial charge in [-0.05, 0) is 38.8 Å². The van der Waals surface area contributed by atoms with Crippen molar-refractivity contribution in [1.29, 1.82) is 5.26 Å². The number of carbonyl (C=O) groups is 2. The van der Waals surface area contributed by atoms with Gasteiger partial charge in [0.15, 0.2) is 0 Å². The lowest BCUT2D eigenvalue weighted by Crippen LogP contribution is -2.47. The fourth-order valence-electron chi connectivity index (χ4n) is 2.30. The van der Waals surface area contributed by atoms with Gasteiger partial charge in [0, 0.05) is 13.2 Å². The Bertz CT molecular complexity index is 628. The predicted octanol–water partition coefficient (Wildman–Crippen LogP) is 1.82. The van der Waals surface area contributed by atoms with Gasteiger partial charge in [-0.15, -0.1) is 0 Å². The molecule has 0 spiro atoms. The SMILES string of the molecule is CC(C)(C(=O)NCC1CCCO1)C(=O)Nc1ccccc1C#N. The molecule has 1 saturated heterocycles. The average molecular weight is 315 g/mol. The monoisotopic (exact) mass is 315 g/mol. The molecule has 1 unspecified atom stereocenters. The van der Waals surface area contributed by atoms with Crippen molar-refractivity contribution in [2.45, 2.75) is 32.8 Å². The number of rotatable bonds is 5. The molecular formula is C17H21N3O3. The fraction of sp³-hybridized carbons (Fsp3) is 0.471. The molecule has 0 aromatic heterocycles. The average Bonchev–Trinajstić information content (AvgIpc) is 3.06. The summed E-state index contributed by atoms with van der Waals surface area (Å²) in [5.74, 6) is -0.815. The fourth-order valence-corrected chi connectivity index (χ4v) is 2.30. The maximum atomic E-state index is 12.4. The number of amides is 2. The molecule has 0 radical (unpaired) electrons. The van der Waals surface area contributed by atoms with Crippen LogP contribution >= 0.6 is 0 Å². The molecule has 2 amide bonds. The third-order valence-corrected chi connectivity index (χ3v) is 3.95. The Morgan fingerprint density at radius 1 is 1.35 bits per heavy atom. The molecular weight excluding hydrogens is 294 g/mol. The summed E-state index contributed by atoms with van der Waals surface area (Å²) >= 11 is 0. The van der Waals surface area contributed by atoms with Crippen LogP contribution in [0.25, 0.3) is 0 Å². The van der Waals surface area contributed by atoms with Crippen LogP contribution in [-0.2, 0) is 14.3 Å². The zero-order valence-electron chi connectivity index (χ0n) is 13.4. The van der Waals surface area contributed by atoms with Crippen LogP contribution in [0, 0.1) is 16.7 Å². The minimum absolute atomic E-state index is 0.0251. The molecule has 2 N–H and O–H groups in total. The number of para-hydroxylation sites is 1. The summed E-state index contributed by atoms with van der Waals surface area (Å²) in [5, 5.41) is 14.5. The van der Waals surface area contributed by atoms with Gasteiger partial charge in [0.1, 0.15) is 11.5 Å². The third-order valence-electron chi connectivity index (χ3n) is 3.95. The first kappa shape index (κ1) is 17.0. The summed E-state index contributed by atoms with van der Waals surface area (Å²) in [6, 6.07) is 8.70. The van der Waals surface area contributed by atoms with E-state index < -0.39 is 11.3 Å². The van der Waals surface area contributed by atoms with Gasteiger partial charge < -0.3 is 15.4 Å². The molecule has 1 aliphatic rings. The second-order valence-electron chi connectivity index (χ2n) is 6.08. The summed E-state index contributed by atoms with van der Waals surface area (Å²) in [4.78, 5) is 24.7. The minimum Gasteiger partial charge on any atom is -0.376 e. The van der Waals surface area contributed by atoms with E-state index in [1.54, 1.807) is 38.1 Å². The molecule has 1 aromatic rings. The van der Waals surface area contributed by atoms with Crippen LogP contribution in [0.4, 0.5) is 5.69 Å². The molecule has 1 aliphatic heterocycles. The van der Waals surface area contributed by atoms with Crippen molar-refractivity contribution < 1.29 is 14.3 Å². The molecule has 0 aliphatic carbocycles. The normalized spacial score (nSPS) is 17.3. The van der Waals surface area contributed by atoms with Crippen LogP contribution in [0.1, 0.15) is 32.3 Å². The number of nitriles is 1. The van der Waals surface area contributed by atoms with E-state index in [1.807, 2.05) is 6.07 Å². The topological polar surface area (TPSA) is 91.2 Å². The lowest BCUT2D eigenvalue weighted by atomic mass is 9.90. The molecule has 2 rings (SSSR count).